The number of methoxy groups -OCH3 is 1. The largest absolute Gasteiger partial charge is 0.497 e. The third-order valence-corrected chi connectivity index (χ3v) is 9.42. The van der Waals surface area contributed by atoms with Crippen molar-refractivity contribution in [3.8, 4) is 5.75 Å². The predicted octanol–water partition coefficient (Wildman–Crippen LogP) is 5.97. The Hall–Kier alpha value is -2.58. The SMILES string of the molecule is CCN(c1ccc2sc(C(=O)NC3CCCCCCC3)cc2c1)S(=O)(=O)c1ccc(OC)cc1. The Morgan fingerprint density at radius 3 is 2.35 bits per heavy atom. The third kappa shape index (κ3) is 5.39. The van der Waals surface area contributed by atoms with E-state index < -0.39 is 10.0 Å². The van der Waals surface area contributed by atoms with Crippen molar-refractivity contribution < 1.29 is 17.9 Å². The predicted molar refractivity (Wildman–Crippen MR) is 139 cm³/mol. The molecule has 0 unspecified atom stereocenters. The van der Waals surface area contributed by atoms with E-state index in [1.165, 1.54) is 34.9 Å². The van der Waals surface area contributed by atoms with Crippen LogP contribution < -0.4 is 14.4 Å². The summed E-state index contributed by atoms with van der Waals surface area (Å²) in [7, 11) is -2.19. The monoisotopic (exact) mass is 500 g/mol. The number of fused-ring (bicyclic) bond motifs is 1. The maximum Gasteiger partial charge on any atom is 0.264 e. The minimum atomic E-state index is -3.73. The molecule has 1 heterocycles. The summed E-state index contributed by atoms with van der Waals surface area (Å²) >= 11 is 1.45. The Balaban J connectivity index is 1.55. The molecular weight excluding hydrogens is 468 g/mol. The van der Waals surface area contributed by atoms with Crippen LogP contribution in [0.2, 0.25) is 0 Å². The molecule has 6 nitrogen and oxygen atoms in total. The van der Waals surface area contributed by atoms with E-state index in [1.807, 2.05) is 25.1 Å². The average Bonchev–Trinajstić information content (AvgIpc) is 3.25. The molecule has 0 spiro atoms. The van der Waals surface area contributed by atoms with Gasteiger partial charge in [0.25, 0.3) is 15.9 Å². The number of anilines is 1. The second kappa shape index (κ2) is 10.8. The Kier molecular flexibility index (Phi) is 7.78. The number of carbonyl (C=O) groups is 1. The van der Waals surface area contributed by atoms with E-state index >= 15 is 0 Å². The quantitative estimate of drug-likeness (QED) is 0.434. The summed E-state index contributed by atoms with van der Waals surface area (Å²) in [5.74, 6) is 0.568. The van der Waals surface area contributed by atoms with E-state index in [0.717, 1.165) is 35.8 Å². The van der Waals surface area contributed by atoms with Crippen LogP contribution in [0.25, 0.3) is 10.1 Å². The molecule has 0 bridgehead atoms. The van der Waals surface area contributed by atoms with E-state index in [2.05, 4.69) is 5.32 Å². The van der Waals surface area contributed by atoms with Crippen LogP contribution in [0.1, 0.15) is 61.5 Å². The first-order valence-corrected chi connectivity index (χ1v) is 14.2. The first kappa shape index (κ1) is 24.5. The van der Waals surface area contributed by atoms with Crippen molar-refractivity contribution in [3.63, 3.8) is 0 Å². The van der Waals surface area contributed by atoms with E-state index in [9.17, 15) is 13.2 Å². The summed E-state index contributed by atoms with van der Waals surface area (Å²) < 4.78 is 34.1. The summed E-state index contributed by atoms with van der Waals surface area (Å²) in [6.07, 6.45) is 8.18. The number of amides is 1. The van der Waals surface area contributed by atoms with Gasteiger partial charge >= 0.3 is 0 Å². The van der Waals surface area contributed by atoms with Crippen molar-refractivity contribution in [2.24, 2.45) is 0 Å². The van der Waals surface area contributed by atoms with Crippen molar-refractivity contribution in [2.75, 3.05) is 18.0 Å². The highest BCUT2D eigenvalue weighted by molar-refractivity contribution is 7.92. The maximum atomic E-state index is 13.3. The number of sulfonamides is 1. The molecule has 1 saturated carbocycles. The van der Waals surface area contributed by atoms with Crippen LogP contribution in [0.3, 0.4) is 0 Å². The van der Waals surface area contributed by atoms with Gasteiger partial charge in [0.15, 0.2) is 0 Å². The van der Waals surface area contributed by atoms with Crippen LogP contribution in [-0.4, -0.2) is 34.0 Å². The molecule has 4 rings (SSSR count). The fourth-order valence-corrected chi connectivity index (χ4v) is 6.93. The molecule has 8 heteroatoms. The molecular formula is C26H32N2O4S2. The van der Waals surface area contributed by atoms with Gasteiger partial charge in [-0.3, -0.25) is 9.10 Å². The van der Waals surface area contributed by atoms with Crippen molar-refractivity contribution in [1.29, 1.82) is 0 Å². The van der Waals surface area contributed by atoms with Gasteiger partial charge in [0.05, 0.1) is 22.6 Å². The fraction of sp³-hybridized carbons (Fsp3) is 0.423. The minimum Gasteiger partial charge on any atom is -0.497 e. The first-order valence-electron chi connectivity index (χ1n) is 11.9. The number of benzene rings is 2. The molecule has 2 aromatic carbocycles. The topological polar surface area (TPSA) is 75.7 Å². The van der Waals surface area contributed by atoms with Crippen LogP contribution in [0, 0.1) is 0 Å². The number of ether oxygens (including phenoxy) is 1. The van der Waals surface area contributed by atoms with Crippen molar-refractivity contribution in [3.05, 3.63) is 53.4 Å². The molecule has 3 aromatic rings. The fourth-order valence-electron chi connectivity index (χ4n) is 4.52. The number of nitrogens with one attached hydrogen (secondary N) is 1. The number of hydrogen-bond donors (Lipinski definition) is 1. The van der Waals surface area contributed by atoms with Gasteiger partial charge in [-0.15, -0.1) is 11.3 Å². The molecule has 1 aromatic heterocycles. The molecule has 1 amide bonds. The third-order valence-electron chi connectivity index (χ3n) is 6.39. The van der Waals surface area contributed by atoms with E-state index in [4.69, 9.17) is 4.74 Å². The highest BCUT2D eigenvalue weighted by Crippen LogP contribution is 2.32. The van der Waals surface area contributed by atoms with Gasteiger partial charge in [-0.1, -0.05) is 32.1 Å². The standard InChI is InChI=1S/C26H32N2O4S2/c1-3-28(34(30,31)23-14-12-22(32-2)13-15-23)21-11-16-24-19(17-21)18-25(33-24)26(29)27-20-9-7-5-4-6-8-10-20/h11-18,20H,3-10H2,1-2H3,(H,27,29). The molecule has 0 radical (unpaired) electrons. The van der Waals surface area contributed by atoms with Gasteiger partial charge in [-0.05, 0) is 73.7 Å². The number of hydrogen-bond acceptors (Lipinski definition) is 5. The first-order chi connectivity index (χ1) is 16.4. The van der Waals surface area contributed by atoms with Crippen molar-refractivity contribution in [1.82, 2.24) is 5.32 Å². The summed E-state index contributed by atoms with van der Waals surface area (Å²) in [6, 6.07) is 14.1. The summed E-state index contributed by atoms with van der Waals surface area (Å²) in [4.78, 5) is 13.8. The van der Waals surface area contributed by atoms with Gasteiger partial charge < -0.3 is 10.1 Å². The summed E-state index contributed by atoms with van der Waals surface area (Å²) in [6.45, 7) is 2.10. The lowest BCUT2D eigenvalue weighted by molar-refractivity contribution is 0.0934. The number of rotatable bonds is 7. The van der Waals surface area contributed by atoms with Crippen LogP contribution in [0.5, 0.6) is 5.75 Å². The van der Waals surface area contributed by atoms with Gasteiger partial charge in [0, 0.05) is 17.3 Å². The molecule has 0 aliphatic heterocycles. The Labute approximate surface area is 206 Å². The zero-order valence-corrected chi connectivity index (χ0v) is 21.4. The highest BCUT2D eigenvalue weighted by atomic mass is 32.2. The normalized spacial score (nSPS) is 15.5. The van der Waals surface area contributed by atoms with Crippen molar-refractivity contribution in [2.45, 2.75) is 62.8 Å². The molecule has 1 aliphatic carbocycles. The van der Waals surface area contributed by atoms with Crippen LogP contribution >= 0.6 is 11.3 Å². The molecule has 1 fully saturated rings. The maximum absolute atomic E-state index is 13.3. The van der Waals surface area contributed by atoms with Gasteiger partial charge in [0.1, 0.15) is 5.75 Å². The smallest absolute Gasteiger partial charge is 0.264 e. The lowest BCUT2D eigenvalue weighted by Crippen LogP contribution is -2.34. The van der Waals surface area contributed by atoms with E-state index in [1.54, 1.807) is 37.4 Å². The van der Waals surface area contributed by atoms with Gasteiger partial charge in [0.2, 0.25) is 0 Å². The van der Waals surface area contributed by atoms with Crippen molar-refractivity contribution >= 4 is 43.0 Å². The lowest BCUT2D eigenvalue weighted by Gasteiger charge is -2.23. The van der Waals surface area contributed by atoms with E-state index in [0.29, 0.717) is 22.9 Å². The molecule has 1 aliphatic rings. The number of thiophene rings is 1. The number of carbonyl (C=O) groups excluding carboxylic acids is 1. The zero-order chi connectivity index (χ0) is 24.1. The summed E-state index contributed by atoms with van der Waals surface area (Å²) in [5.41, 5.74) is 0.579. The summed E-state index contributed by atoms with van der Waals surface area (Å²) in [5, 5.41) is 4.09. The molecule has 34 heavy (non-hydrogen) atoms. The van der Waals surface area contributed by atoms with Crippen LogP contribution in [-0.2, 0) is 10.0 Å². The van der Waals surface area contributed by atoms with Crippen LogP contribution in [0.4, 0.5) is 5.69 Å². The average molecular weight is 501 g/mol. The number of nitrogens with zero attached hydrogens (tertiary/aromatic N) is 1. The molecule has 0 atom stereocenters. The second-order valence-electron chi connectivity index (χ2n) is 8.69. The lowest BCUT2D eigenvalue weighted by atomic mass is 9.97. The second-order valence-corrected chi connectivity index (χ2v) is 11.6. The Morgan fingerprint density at radius 1 is 1.03 bits per heavy atom. The molecule has 182 valence electrons. The van der Waals surface area contributed by atoms with Gasteiger partial charge in [-0.2, -0.15) is 0 Å². The molecule has 1 N–H and O–H groups in total. The van der Waals surface area contributed by atoms with E-state index in [-0.39, 0.29) is 16.8 Å². The molecule has 0 saturated heterocycles. The van der Waals surface area contributed by atoms with Gasteiger partial charge in [-0.25, -0.2) is 8.42 Å². The van der Waals surface area contributed by atoms with Crippen LogP contribution in [0.15, 0.2) is 53.4 Å². The Bertz CT molecular complexity index is 1230. The Morgan fingerprint density at radius 2 is 1.71 bits per heavy atom. The highest BCUT2D eigenvalue weighted by Gasteiger charge is 2.24. The zero-order valence-electron chi connectivity index (χ0n) is 19.7. The minimum absolute atomic E-state index is 0.0356.